The zero-order valence-electron chi connectivity index (χ0n) is 10.9. The minimum atomic E-state index is -0.0792. The summed E-state index contributed by atoms with van der Waals surface area (Å²) in [5.74, 6) is 7.22. The highest BCUT2D eigenvalue weighted by atomic mass is 16.1. The van der Waals surface area contributed by atoms with E-state index >= 15 is 0 Å². The van der Waals surface area contributed by atoms with Gasteiger partial charge in [-0.1, -0.05) is 13.8 Å². The number of nitrogens with zero attached hydrogens (tertiary/aromatic N) is 2. The van der Waals surface area contributed by atoms with E-state index in [-0.39, 0.29) is 18.4 Å². The molecule has 0 spiro atoms. The molecule has 0 saturated carbocycles. The first-order valence-electron chi connectivity index (χ1n) is 5.93. The van der Waals surface area contributed by atoms with Crippen LogP contribution in [0.2, 0.25) is 0 Å². The zero-order valence-corrected chi connectivity index (χ0v) is 10.9. The number of nitrogen functional groups attached to an aromatic ring is 1. The van der Waals surface area contributed by atoms with Gasteiger partial charge < -0.3 is 16.1 Å². The lowest BCUT2D eigenvalue weighted by molar-refractivity contribution is -0.119. The van der Waals surface area contributed by atoms with Crippen molar-refractivity contribution in [1.29, 1.82) is 0 Å². The molecule has 1 aromatic heterocycles. The molecule has 1 heterocycles. The normalized spacial score (nSPS) is 10.3. The van der Waals surface area contributed by atoms with E-state index in [0.717, 1.165) is 0 Å². The molecule has 0 atom stereocenters. The number of aromatic nitrogens is 2. The average Bonchev–Trinajstić information content (AvgIpc) is 2.36. The Bertz CT molecular complexity index is 407. The molecular weight excluding hydrogens is 232 g/mol. The van der Waals surface area contributed by atoms with Crippen LogP contribution >= 0.6 is 0 Å². The highest BCUT2D eigenvalue weighted by Crippen LogP contribution is 2.15. The van der Waals surface area contributed by atoms with E-state index in [0.29, 0.717) is 24.0 Å². The van der Waals surface area contributed by atoms with E-state index in [1.807, 2.05) is 20.8 Å². The smallest absolute Gasteiger partial charge is 0.239 e. The lowest BCUT2D eigenvalue weighted by Crippen LogP contribution is -2.29. The van der Waals surface area contributed by atoms with Gasteiger partial charge in [0.25, 0.3) is 0 Å². The molecule has 7 nitrogen and oxygen atoms in total. The summed E-state index contributed by atoms with van der Waals surface area (Å²) in [6.45, 7) is 6.63. The first kappa shape index (κ1) is 14.2. The third-order valence-corrected chi connectivity index (χ3v) is 2.21. The molecule has 0 aliphatic rings. The molecule has 1 aromatic rings. The Morgan fingerprint density at radius 1 is 1.39 bits per heavy atom. The molecule has 7 heteroatoms. The van der Waals surface area contributed by atoms with Gasteiger partial charge in [-0.3, -0.25) is 4.79 Å². The number of carbonyl (C=O) groups excluding carboxylic acids is 1. The third kappa shape index (κ3) is 4.17. The topological polar surface area (TPSA) is 105 Å². The largest absolute Gasteiger partial charge is 0.361 e. The number of nitrogens with one attached hydrogen (secondary N) is 3. The Morgan fingerprint density at radius 2 is 2.06 bits per heavy atom. The molecule has 5 N–H and O–H groups in total. The number of anilines is 2. The highest BCUT2D eigenvalue weighted by Gasteiger charge is 2.08. The predicted octanol–water partition coefficient (Wildman–Crippen LogP) is 0.434. The summed E-state index contributed by atoms with van der Waals surface area (Å²) in [6.07, 6.45) is 0. The summed E-state index contributed by atoms with van der Waals surface area (Å²) in [5, 5.41) is 5.64. The van der Waals surface area contributed by atoms with E-state index in [9.17, 15) is 4.79 Å². The molecule has 1 rings (SSSR count). The number of hydrazine groups is 1. The second kappa shape index (κ2) is 6.75. The highest BCUT2D eigenvalue weighted by molar-refractivity contribution is 5.80. The average molecular weight is 252 g/mol. The standard InChI is InChI=1S/C11H20N6O/c1-4-13-10(18)6-14-8-5-9(17-12)16-11(15-8)7(2)3/h5,7H,4,6,12H2,1-3H3,(H,13,18)(H2,14,15,16,17). The van der Waals surface area contributed by atoms with E-state index in [4.69, 9.17) is 5.84 Å². The van der Waals surface area contributed by atoms with Gasteiger partial charge in [-0.2, -0.15) is 0 Å². The molecule has 0 aliphatic carbocycles. The quantitative estimate of drug-likeness (QED) is 0.432. The Hall–Kier alpha value is -1.89. The van der Waals surface area contributed by atoms with Crippen LogP contribution in [0.5, 0.6) is 0 Å². The van der Waals surface area contributed by atoms with Gasteiger partial charge >= 0.3 is 0 Å². The lowest BCUT2D eigenvalue weighted by atomic mass is 10.2. The van der Waals surface area contributed by atoms with Gasteiger partial charge in [-0.15, -0.1) is 0 Å². The minimum absolute atomic E-state index is 0.0792. The van der Waals surface area contributed by atoms with Crippen molar-refractivity contribution in [3.63, 3.8) is 0 Å². The van der Waals surface area contributed by atoms with Crippen LogP contribution in [0.25, 0.3) is 0 Å². The van der Waals surface area contributed by atoms with Crippen LogP contribution in [0.3, 0.4) is 0 Å². The van der Waals surface area contributed by atoms with Crippen molar-refractivity contribution in [3.05, 3.63) is 11.9 Å². The van der Waals surface area contributed by atoms with E-state index in [1.54, 1.807) is 6.07 Å². The minimum Gasteiger partial charge on any atom is -0.361 e. The van der Waals surface area contributed by atoms with Gasteiger partial charge in [0.15, 0.2) is 0 Å². The Balaban J connectivity index is 2.75. The van der Waals surface area contributed by atoms with E-state index in [2.05, 4.69) is 26.0 Å². The first-order valence-corrected chi connectivity index (χ1v) is 5.93. The molecule has 0 saturated heterocycles. The first-order chi connectivity index (χ1) is 8.56. The van der Waals surface area contributed by atoms with Gasteiger partial charge in [-0.25, -0.2) is 15.8 Å². The van der Waals surface area contributed by atoms with Crippen LogP contribution < -0.4 is 21.9 Å². The molecular formula is C11H20N6O. The van der Waals surface area contributed by atoms with Gasteiger partial charge in [0.05, 0.1) is 6.54 Å². The molecule has 18 heavy (non-hydrogen) atoms. The number of amides is 1. The summed E-state index contributed by atoms with van der Waals surface area (Å²) < 4.78 is 0. The van der Waals surface area contributed by atoms with Crippen molar-refractivity contribution < 1.29 is 4.79 Å². The molecule has 0 aromatic carbocycles. The van der Waals surface area contributed by atoms with Crippen LogP contribution in [-0.4, -0.2) is 29.0 Å². The second-order valence-corrected chi connectivity index (χ2v) is 4.10. The fourth-order valence-corrected chi connectivity index (χ4v) is 1.32. The lowest BCUT2D eigenvalue weighted by Gasteiger charge is -2.11. The maximum absolute atomic E-state index is 11.3. The number of rotatable bonds is 6. The fraction of sp³-hybridized carbons (Fsp3) is 0.545. The molecule has 1 amide bonds. The third-order valence-electron chi connectivity index (χ3n) is 2.21. The molecule has 0 bridgehead atoms. The van der Waals surface area contributed by atoms with Gasteiger partial charge in [0.2, 0.25) is 5.91 Å². The van der Waals surface area contributed by atoms with Crippen LogP contribution in [-0.2, 0) is 4.79 Å². The van der Waals surface area contributed by atoms with E-state index in [1.165, 1.54) is 0 Å². The summed E-state index contributed by atoms with van der Waals surface area (Å²) in [6, 6.07) is 1.66. The molecule has 100 valence electrons. The molecule has 0 aliphatic heterocycles. The van der Waals surface area contributed by atoms with Crippen LogP contribution in [0.1, 0.15) is 32.5 Å². The van der Waals surface area contributed by atoms with Gasteiger partial charge in [-0.05, 0) is 6.92 Å². The van der Waals surface area contributed by atoms with Crippen LogP contribution in [0.15, 0.2) is 6.07 Å². The monoisotopic (exact) mass is 252 g/mol. The summed E-state index contributed by atoms with van der Waals surface area (Å²) in [7, 11) is 0. The Morgan fingerprint density at radius 3 is 2.61 bits per heavy atom. The second-order valence-electron chi connectivity index (χ2n) is 4.10. The number of nitrogens with two attached hydrogens (primary N) is 1. The van der Waals surface area contributed by atoms with Crippen molar-refractivity contribution in [2.24, 2.45) is 5.84 Å². The predicted molar refractivity (Wildman–Crippen MR) is 71.1 cm³/mol. The molecule has 0 unspecified atom stereocenters. The summed E-state index contributed by atoms with van der Waals surface area (Å²) in [5.41, 5.74) is 2.48. The maximum Gasteiger partial charge on any atom is 0.239 e. The van der Waals surface area contributed by atoms with Crippen molar-refractivity contribution >= 4 is 17.5 Å². The molecule has 0 radical (unpaired) electrons. The number of likely N-dealkylation sites (N-methyl/N-ethyl adjacent to an activating group) is 1. The van der Waals surface area contributed by atoms with Crippen molar-refractivity contribution in [1.82, 2.24) is 15.3 Å². The summed E-state index contributed by atoms with van der Waals surface area (Å²) in [4.78, 5) is 19.9. The van der Waals surface area contributed by atoms with Crippen molar-refractivity contribution in [2.75, 3.05) is 23.8 Å². The van der Waals surface area contributed by atoms with Gasteiger partial charge in [0, 0.05) is 18.5 Å². The van der Waals surface area contributed by atoms with E-state index < -0.39 is 0 Å². The van der Waals surface area contributed by atoms with Crippen molar-refractivity contribution in [3.8, 4) is 0 Å². The number of hydrogen-bond donors (Lipinski definition) is 4. The number of carbonyl (C=O) groups is 1. The van der Waals surface area contributed by atoms with Gasteiger partial charge in [0.1, 0.15) is 17.5 Å². The Labute approximate surface area is 107 Å². The van der Waals surface area contributed by atoms with Crippen LogP contribution in [0.4, 0.5) is 11.6 Å². The molecule has 0 fully saturated rings. The maximum atomic E-state index is 11.3. The van der Waals surface area contributed by atoms with Crippen LogP contribution in [0, 0.1) is 0 Å². The van der Waals surface area contributed by atoms with Crippen molar-refractivity contribution in [2.45, 2.75) is 26.7 Å². The number of hydrogen-bond acceptors (Lipinski definition) is 6. The SMILES string of the molecule is CCNC(=O)CNc1cc(NN)nc(C(C)C)n1. The summed E-state index contributed by atoms with van der Waals surface area (Å²) >= 11 is 0. The fourth-order valence-electron chi connectivity index (χ4n) is 1.32. The zero-order chi connectivity index (χ0) is 13.5. The Kier molecular flexibility index (Phi) is 5.31.